The lowest BCUT2D eigenvalue weighted by Gasteiger charge is -2.07. The molecule has 0 bridgehead atoms. The van der Waals surface area contributed by atoms with E-state index in [1.807, 2.05) is 0 Å². The van der Waals surface area contributed by atoms with E-state index in [0.29, 0.717) is 21.5 Å². The van der Waals surface area contributed by atoms with Gasteiger partial charge in [0.15, 0.2) is 6.61 Å². The van der Waals surface area contributed by atoms with Gasteiger partial charge in [-0.15, -0.1) is 0 Å². The molecule has 1 aromatic heterocycles. The molecule has 0 fully saturated rings. The van der Waals surface area contributed by atoms with E-state index < -0.39 is 18.5 Å². The first-order valence-corrected chi connectivity index (χ1v) is 7.36. The second kappa shape index (κ2) is 7.85. The Bertz CT molecular complexity index is 752. The van der Waals surface area contributed by atoms with Gasteiger partial charge in [-0.3, -0.25) is 4.79 Å². The standard InChI is InChI=1S/C16H13Cl2NO4/c1-10-2-4-12(23-10)5-7-16(21)22-9-15(20)19-14-6-3-11(17)8-13(14)18/h2-8H,9H2,1H3,(H,19,20)/b7-5+. The van der Waals surface area contributed by atoms with Crippen molar-refractivity contribution in [3.8, 4) is 0 Å². The smallest absolute Gasteiger partial charge is 0.331 e. The molecule has 0 saturated heterocycles. The highest BCUT2D eigenvalue weighted by molar-refractivity contribution is 6.36. The molecule has 0 atom stereocenters. The quantitative estimate of drug-likeness (QED) is 0.649. The van der Waals surface area contributed by atoms with Crippen LogP contribution in [-0.4, -0.2) is 18.5 Å². The molecule has 23 heavy (non-hydrogen) atoms. The molecular weight excluding hydrogens is 341 g/mol. The Labute approximate surface area is 142 Å². The summed E-state index contributed by atoms with van der Waals surface area (Å²) in [6.07, 6.45) is 2.64. The van der Waals surface area contributed by atoms with Gasteiger partial charge in [-0.05, 0) is 43.3 Å². The van der Waals surface area contributed by atoms with Crippen molar-refractivity contribution in [1.82, 2.24) is 0 Å². The first-order chi connectivity index (χ1) is 10.9. The van der Waals surface area contributed by atoms with E-state index in [1.165, 1.54) is 18.2 Å². The molecule has 0 spiro atoms. The summed E-state index contributed by atoms with van der Waals surface area (Å²) in [5, 5.41) is 3.27. The second-order valence-electron chi connectivity index (χ2n) is 4.56. The van der Waals surface area contributed by atoms with Gasteiger partial charge in [0.2, 0.25) is 0 Å². The van der Waals surface area contributed by atoms with Crippen LogP contribution in [0.2, 0.25) is 10.0 Å². The molecule has 1 N–H and O–H groups in total. The SMILES string of the molecule is Cc1ccc(/C=C/C(=O)OCC(=O)Nc2ccc(Cl)cc2Cl)o1. The average Bonchev–Trinajstić information content (AvgIpc) is 2.91. The molecule has 0 aliphatic heterocycles. The normalized spacial score (nSPS) is 10.7. The molecule has 0 aliphatic rings. The van der Waals surface area contributed by atoms with Crippen LogP contribution in [0.25, 0.3) is 6.08 Å². The minimum absolute atomic E-state index is 0.297. The molecule has 0 saturated carbocycles. The van der Waals surface area contributed by atoms with Crippen LogP contribution < -0.4 is 5.32 Å². The molecule has 1 amide bonds. The van der Waals surface area contributed by atoms with Crippen LogP contribution in [0.5, 0.6) is 0 Å². The molecule has 2 rings (SSSR count). The van der Waals surface area contributed by atoms with Crippen molar-refractivity contribution in [2.45, 2.75) is 6.92 Å². The molecule has 5 nitrogen and oxygen atoms in total. The van der Waals surface area contributed by atoms with Crippen LogP contribution in [0.3, 0.4) is 0 Å². The molecule has 0 unspecified atom stereocenters. The zero-order chi connectivity index (χ0) is 16.8. The summed E-state index contributed by atoms with van der Waals surface area (Å²) in [5.74, 6) is 0.0929. The summed E-state index contributed by atoms with van der Waals surface area (Å²) < 4.78 is 10.1. The third-order valence-corrected chi connectivity index (χ3v) is 3.24. The third kappa shape index (κ3) is 5.47. The number of hydrogen-bond acceptors (Lipinski definition) is 4. The van der Waals surface area contributed by atoms with Crippen molar-refractivity contribution in [3.63, 3.8) is 0 Å². The first-order valence-electron chi connectivity index (χ1n) is 6.60. The number of furan rings is 1. The lowest BCUT2D eigenvalue weighted by Crippen LogP contribution is -2.20. The average molecular weight is 354 g/mol. The lowest BCUT2D eigenvalue weighted by atomic mass is 10.3. The van der Waals surface area contributed by atoms with E-state index in [1.54, 1.807) is 31.2 Å². The van der Waals surface area contributed by atoms with E-state index in [2.05, 4.69) is 5.32 Å². The summed E-state index contributed by atoms with van der Waals surface area (Å²) in [5.41, 5.74) is 0.388. The Hall–Kier alpha value is -2.24. The zero-order valence-corrected chi connectivity index (χ0v) is 13.6. The number of rotatable bonds is 5. The molecule has 0 radical (unpaired) electrons. The number of amides is 1. The highest BCUT2D eigenvalue weighted by atomic mass is 35.5. The summed E-state index contributed by atoms with van der Waals surface area (Å²) in [7, 11) is 0. The summed E-state index contributed by atoms with van der Waals surface area (Å²) in [6, 6.07) is 8.13. The van der Waals surface area contributed by atoms with Gasteiger partial charge in [0.05, 0.1) is 10.7 Å². The molecule has 0 aliphatic carbocycles. The number of anilines is 1. The number of carbonyl (C=O) groups excluding carboxylic acids is 2. The van der Waals surface area contributed by atoms with E-state index in [9.17, 15) is 9.59 Å². The maximum atomic E-state index is 11.7. The maximum Gasteiger partial charge on any atom is 0.331 e. The van der Waals surface area contributed by atoms with Crippen molar-refractivity contribution in [2.24, 2.45) is 0 Å². The highest BCUT2D eigenvalue weighted by Gasteiger charge is 2.08. The van der Waals surface area contributed by atoms with Crippen LogP contribution in [0.15, 0.2) is 40.8 Å². The predicted molar refractivity (Wildman–Crippen MR) is 88.5 cm³/mol. The van der Waals surface area contributed by atoms with Gasteiger partial charge < -0.3 is 14.5 Å². The van der Waals surface area contributed by atoms with Gasteiger partial charge in [0.1, 0.15) is 11.5 Å². The van der Waals surface area contributed by atoms with E-state index in [-0.39, 0.29) is 0 Å². The lowest BCUT2D eigenvalue weighted by molar-refractivity contribution is -0.142. The number of esters is 1. The molecule has 1 heterocycles. The van der Waals surface area contributed by atoms with Crippen molar-refractivity contribution in [1.29, 1.82) is 0 Å². The number of halogens is 2. The fraction of sp³-hybridized carbons (Fsp3) is 0.125. The Morgan fingerprint density at radius 3 is 2.70 bits per heavy atom. The number of aryl methyl sites for hydroxylation is 1. The largest absolute Gasteiger partial charge is 0.462 e. The topological polar surface area (TPSA) is 68.5 Å². The fourth-order valence-electron chi connectivity index (χ4n) is 1.66. The number of carbonyl (C=O) groups is 2. The second-order valence-corrected chi connectivity index (χ2v) is 5.41. The van der Waals surface area contributed by atoms with Gasteiger partial charge in [0, 0.05) is 11.1 Å². The van der Waals surface area contributed by atoms with Crippen LogP contribution in [0.4, 0.5) is 5.69 Å². The Morgan fingerprint density at radius 2 is 2.04 bits per heavy atom. The van der Waals surface area contributed by atoms with Gasteiger partial charge in [-0.1, -0.05) is 23.2 Å². The van der Waals surface area contributed by atoms with Gasteiger partial charge in [-0.2, -0.15) is 0 Å². The molecular formula is C16H13Cl2NO4. The monoisotopic (exact) mass is 353 g/mol. The summed E-state index contributed by atoms with van der Waals surface area (Å²) >= 11 is 11.7. The van der Waals surface area contributed by atoms with Gasteiger partial charge >= 0.3 is 5.97 Å². The molecule has 7 heteroatoms. The summed E-state index contributed by atoms with van der Waals surface area (Å²) in [6.45, 7) is 1.36. The van der Waals surface area contributed by atoms with Crippen molar-refractivity contribution < 1.29 is 18.7 Å². The predicted octanol–water partition coefficient (Wildman–Crippen LogP) is 4.09. The Morgan fingerprint density at radius 1 is 1.26 bits per heavy atom. The minimum Gasteiger partial charge on any atom is -0.462 e. The first kappa shape index (κ1) is 17.1. The number of hydrogen-bond donors (Lipinski definition) is 1. The van der Waals surface area contributed by atoms with Crippen LogP contribution in [0, 0.1) is 6.92 Å². The molecule has 1 aromatic carbocycles. The maximum absolute atomic E-state index is 11.7. The zero-order valence-electron chi connectivity index (χ0n) is 12.1. The van der Waals surface area contributed by atoms with Gasteiger partial charge in [-0.25, -0.2) is 4.79 Å². The van der Waals surface area contributed by atoms with Crippen LogP contribution in [-0.2, 0) is 14.3 Å². The van der Waals surface area contributed by atoms with Crippen LogP contribution >= 0.6 is 23.2 Å². The molecule has 2 aromatic rings. The van der Waals surface area contributed by atoms with E-state index in [0.717, 1.165) is 5.76 Å². The Kier molecular flexibility index (Phi) is 5.84. The minimum atomic E-state index is -0.656. The van der Waals surface area contributed by atoms with Crippen molar-refractivity contribution >= 4 is 46.8 Å². The molecule has 120 valence electrons. The number of ether oxygens (including phenoxy) is 1. The Balaban J connectivity index is 1.81. The van der Waals surface area contributed by atoms with E-state index in [4.69, 9.17) is 32.4 Å². The number of nitrogens with one attached hydrogen (secondary N) is 1. The van der Waals surface area contributed by atoms with Crippen LogP contribution in [0.1, 0.15) is 11.5 Å². The van der Waals surface area contributed by atoms with Gasteiger partial charge in [0.25, 0.3) is 5.91 Å². The van der Waals surface area contributed by atoms with Crippen molar-refractivity contribution in [2.75, 3.05) is 11.9 Å². The fourth-order valence-corrected chi connectivity index (χ4v) is 2.11. The highest BCUT2D eigenvalue weighted by Crippen LogP contribution is 2.25. The van der Waals surface area contributed by atoms with E-state index >= 15 is 0 Å². The third-order valence-electron chi connectivity index (χ3n) is 2.70. The van der Waals surface area contributed by atoms with Crippen molar-refractivity contribution in [3.05, 3.63) is 58.0 Å². The number of benzene rings is 1. The summed E-state index contributed by atoms with van der Waals surface area (Å²) in [4.78, 5) is 23.2.